The third-order valence-corrected chi connectivity index (χ3v) is 4.01. The van der Waals surface area contributed by atoms with Gasteiger partial charge in [0.25, 0.3) is 0 Å². The number of carbonyl (C=O) groups is 2. The van der Waals surface area contributed by atoms with Gasteiger partial charge in [0.05, 0.1) is 25.4 Å². The summed E-state index contributed by atoms with van der Waals surface area (Å²) in [5.41, 5.74) is 0. The van der Waals surface area contributed by atoms with Crippen molar-refractivity contribution in [1.82, 2.24) is 10.2 Å². The Morgan fingerprint density at radius 2 is 2.19 bits per heavy atom. The van der Waals surface area contributed by atoms with Gasteiger partial charge in [-0.05, 0) is 31.9 Å². The van der Waals surface area contributed by atoms with Crippen molar-refractivity contribution in [1.29, 1.82) is 0 Å². The molecule has 1 aliphatic carbocycles. The number of carboxylic acid groups (broad SMARTS) is 1. The summed E-state index contributed by atoms with van der Waals surface area (Å²) in [5, 5.41) is 11.9. The highest BCUT2D eigenvalue weighted by Gasteiger charge is 2.31. The van der Waals surface area contributed by atoms with Crippen LogP contribution in [-0.2, 0) is 16.1 Å². The lowest BCUT2D eigenvalue weighted by molar-refractivity contribution is -0.141. The van der Waals surface area contributed by atoms with Crippen molar-refractivity contribution in [3.63, 3.8) is 0 Å². The molecule has 1 amide bonds. The van der Waals surface area contributed by atoms with E-state index in [1.165, 1.54) is 0 Å². The first-order chi connectivity index (χ1) is 10.1. The van der Waals surface area contributed by atoms with Crippen LogP contribution in [0.4, 0.5) is 0 Å². The number of furan rings is 1. The van der Waals surface area contributed by atoms with Crippen LogP contribution in [0.15, 0.2) is 22.8 Å². The van der Waals surface area contributed by atoms with E-state index in [-0.39, 0.29) is 18.5 Å². The van der Waals surface area contributed by atoms with E-state index in [1.807, 2.05) is 0 Å². The molecule has 0 saturated heterocycles. The number of rotatable bonds is 7. The topological polar surface area (TPSA) is 82.8 Å². The molecule has 1 saturated carbocycles. The Morgan fingerprint density at radius 3 is 2.76 bits per heavy atom. The quantitative estimate of drug-likeness (QED) is 0.798. The largest absolute Gasteiger partial charge is 0.480 e. The Hall–Kier alpha value is -1.82. The maximum absolute atomic E-state index is 12.2. The van der Waals surface area contributed by atoms with Gasteiger partial charge in [0.15, 0.2) is 0 Å². The van der Waals surface area contributed by atoms with Crippen LogP contribution in [0.1, 0.15) is 38.4 Å². The minimum Gasteiger partial charge on any atom is -0.480 e. The van der Waals surface area contributed by atoms with E-state index in [0.717, 1.165) is 25.7 Å². The predicted molar refractivity (Wildman–Crippen MR) is 76.6 cm³/mol. The summed E-state index contributed by atoms with van der Waals surface area (Å²) in [5.74, 6) is -0.381. The van der Waals surface area contributed by atoms with Crippen molar-refractivity contribution in [3.05, 3.63) is 24.2 Å². The van der Waals surface area contributed by atoms with E-state index in [1.54, 1.807) is 30.2 Å². The summed E-state index contributed by atoms with van der Waals surface area (Å²) < 4.78 is 5.17. The van der Waals surface area contributed by atoms with E-state index >= 15 is 0 Å². The lowest BCUT2D eigenvalue weighted by Crippen LogP contribution is -2.50. The van der Waals surface area contributed by atoms with Crippen LogP contribution >= 0.6 is 0 Å². The van der Waals surface area contributed by atoms with Crippen LogP contribution in [0.2, 0.25) is 0 Å². The molecule has 6 heteroatoms. The molecule has 21 heavy (non-hydrogen) atoms. The zero-order valence-electron chi connectivity index (χ0n) is 12.2. The molecule has 1 aromatic heterocycles. The van der Waals surface area contributed by atoms with E-state index in [9.17, 15) is 9.59 Å². The van der Waals surface area contributed by atoms with Crippen molar-refractivity contribution in [2.75, 3.05) is 6.54 Å². The Bertz CT molecular complexity index is 466. The number of carboxylic acids is 1. The summed E-state index contributed by atoms with van der Waals surface area (Å²) in [4.78, 5) is 25.1. The van der Waals surface area contributed by atoms with Gasteiger partial charge in [-0.15, -0.1) is 0 Å². The van der Waals surface area contributed by atoms with Crippen LogP contribution in [0.25, 0.3) is 0 Å². The number of nitrogens with one attached hydrogen (secondary N) is 1. The summed E-state index contributed by atoms with van der Waals surface area (Å²) in [6, 6.07) is 3.28. The van der Waals surface area contributed by atoms with Gasteiger partial charge >= 0.3 is 5.97 Å². The van der Waals surface area contributed by atoms with E-state index in [0.29, 0.717) is 12.3 Å². The molecular weight excluding hydrogens is 272 g/mol. The molecule has 1 atom stereocenters. The molecule has 0 spiro atoms. The molecule has 1 aromatic rings. The highest BCUT2D eigenvalue weighted by Crippen LogP contribution is 2.25. The number of hydrogen-bond acceptors (Lipinski definition) is 4. The molecule has 0 aliphatic heterocycles. The monoisotopic (exact) mass is 294 g/mol. The molecule has 0 aromatic carbocycles. The normalized spacial score (nSPS) is 17.0. The van der Waals surface area contributed by atoms with Crippen LogP contribution in [0, 0.1) is 0 Å². The van der Waals surface area contributed by atoms with Gasteiger partial charge in [-0.1, -0.05) is 12.8 Å². The third kappa shape index (κ3) is 4.32. The van der Waals surface area contributed by atoms with Gasteiger partial charge in [-0.2, -0.15) is 0 Å². The number of amides is 1. The van der Waals surface area contributed by atoms with Gasteiger partial charge < -0.3 is 14.8 Å². The highest BCUT2D eigenvalue weighted by atomic mass is 16.4. The first-order valence-corrected chi connectivity index (χ1v) is 7.35. The summed E-state index contributed by atoms with van der Waals surface area (Å²) >= 11 is 0. The van der Waals surface area contributed by atoms with Gasteiger partial charge in [0, 0.05) is 6.04 Å². The zero-order valence-corrected chi connectivity index (χ0v) is 12.2. The van der Waals surface area contributed by atoms with Gasteiger partial charge in [-0.25, -0.2) is 0 Å². The third-order valence-electron chi connectivity index (χ3n) is 4.01. The molecule has 1 unspecified atom stereocenters. The van der Waals surface area contributed by atoms with Crippen molar-refractivity contribution in [3.8, 4) is 0 Å². The van der Waals surface area contributed by atoms with Crippen molar-refractivity contribution in [2.24, 2.45) is 0 Å². The molecular formula is C15H22N2O4. The molecule has 1 heterocycles. The Balaban J connectivity index is 1.93. The van der Waals surface area contributed by atoms with Crippen LogP contribution in [-0.4, -0.2) is 40.5 Å². The predicted octanol–water partition coefficient (Wildman–Crippen LogP) is 1.61. The minimum absolute atomic E-state index is 0.0972. The average Bonchev–Trinajstić information content (AvgIpc) is 3.13. The second-order valence-corrected chi connectivity index (χ2v) is 5.48. The summed E-state index contributed by atoms with van der Waals surface area (Å²) in [7, 11) is 0. The van der Waals surface area contributed by atoms with Crippen LogP contribution < -0.4 is 5.32 Å². The molecule has 116 valence electrons. The Kier molecular flexibility index (Phi) is 5.38. The fourth-order valence-electron chi connectivity index (χ4n) is 2.86. The van der Waals surface area contributed by atoms with Gasteiger partial charge in [0.2, 0.25) is 5.91 Å². The minimum atomic E-state index is -0.896. The lowest BCUT2D eigenvalue weighted by Gasteiger charge is -2.32. The Morgan fingerprint density at radius 1 is 1.48 bits per heavy atom. The van der Waals surface area contributed by atoms with E-state index in [4.69, 9.17) is 9.52 Å². The van der Waals surface area contributed by atoms with Crippen molar-refractivity contribution < 1.29 is 19.1 Å². The zero-order chi connectivity index (χ0) is 15.2. The molecule has 1 aliphatic rings. The van der Waals surface area contributed by atoms with Gasteiger partial charge in [0.1, 0.15) is 5.76 Å². The highest BCUT2D eigenvalue weighted by molar-refractivity contribution is 5.82. The number of aliphatic carboxylic acids is 1. The molecule has 2 rings (SSSR count). The van der Waals surface area contributed by atoms with Crippen molar-refractivity contribution >= 4 is 11.9 Å². The fourth-order valence-corrected chi connectivity index (χ4v) is 2.86. The smallest absolute Gasteiger partial charge is 0.317 e. The first kappa shape index (κ1) is 15.6. The van der Waals surface area contributed by atoms with E-state index < -0.39 is 12.0 Å². The molecule has 0 radical (unpaired) electrons. The maximum atomic E-state index is 12.2. The first-order valence-electron chi connectivity index (χ1n) is 7.35. The molecule has 0 bridgehead atoms. The molecule has 1 fully saturated rings. The average molecular weight is 294 g/mol. The number of nitrogens with zero attached hydrogens (tertiary/aromatic N) is 1. The SMILES string of the molecule is CC(C(=O)NCc1ccco1)N(CC(=O)O)C1CCCC1. The maximum Gasteiger partial charge on any atom is 0.317 e. The fraction of sp³-hybridized carbons (Fsp3) is 0.600. The van der Waals surface area contributed by atoms with Crippen LogP contribution in [0.5, 0.6) is 0 Å². The van der Waals surface area contributed by atoms with Crippen molar-refractivity contribution in [2.45, 2.75) is 51.2 Å². The lowest BCUT2D eigenvalue weighted by atomic mass is 10.1. The van der Waals surface area contributed by atoms with Crippen LogP contribution in [0.3, 0.4) is 0 Å². The van der Waals surface area contributed by atoms with Gasteiger partial charge in [-0.3, -0.25) is 14.5 Å². The van der Waals surface area contributed by atoms with E-state index in [2.05, 4.69) is 5.32 Å². The second-order valence-electron chi connectivity index (χ2n) is 5.48. The standard InChI is InChI=1S/C15H22N2O4/c1-11(15(20)16-9-13-7-4-8-21-13)17(10-14(18)19)12-5-2-3-6-12/h4,7-8,11-12H,2-3,5-6,9-10H2,1H3,(H,16,20)(H,18,19). The number of carbonyl (C=O) groups excluding carboxylic acids is 1. The molecule has 2 N–H and O–H groups in total. The molecule has 6 nitrogen and oxygen atoms in total. The second kappa shape index (κ2) is 7.26. The Labute approximate surface area is 124 Å². The summed E-state index contributed by atoms with van der Waals surface area (Å²) in [6.45, 7) is 1.99. The number of hydrogen-bond donors (Lipinski definition) is 2. The summed E-state index contributed by atoms with van der Waals surface area (Å²) in [6.07, 6.45) is 5.68.